The molecule has 106 valence electrons. The molecule has 2 nitrogen and oxygen atoms in total. The van der Waals surface area contributed by atoms with E-state index in [0.717, 1.165) is 29.7 Å². The van der Waals surface area contributed by atoms with Crippen molar-refractivity contribution in [3.05, 3.63) is 65.7 Å². The van der Waals surface area contributed by atoms with Crippen molar-refractivity contribution < 1.29 is 4.74 Å². The third kappa shape index (κ3) is 3.02. The molecule has 0 saturated heterocycles. The van der Waals surface area contributed by atoms with Gasteiger partial charge >= 0.3 is 0 Å². The molecule has 20 heavy (non-hydrogen) atoms. The third-order valence-corrected chi connectivity index (χ3v) is 3.59. The fraction of sp³-hybridized carbons (Fsp3) is 0.333. The van der Waals surface area contributed by atoms with Crippen molar-refractivity contribution in [1.29, 1.82) is 0 Å². The van der Waals surface area contributed by atoms with Gasteiger partial charge in [-0.2, -0.15) is 0 Å². The molecular formula is C18H23NO. The fourth-order valence-electron chi connectivity index (χ4n) is 2.62. The molecule has 2 N–H and O–H groups in total. The maximum absolute atomic E-state index is 6.76. The highest BCUT2D eigenvalue weighted by molar-refractivity contribution is 5.41. The van der Waals surface area contributed by atoms with E-state index in [4.69, 9.17) is 10.5 Å². The number of hydrogen-bond donors (Lipinski definition) is 1. The van der Waals surface area contributed by atoms with E-state index >= 15 is 0 Å². The third-order valence-electron chi connectivity index (χ3n) is 3.59. The van der Waals surface area contributed by atoms with Crippen LogP contribution in [0.15, 0.2) is 54.6 Å². The summed E-state index contributed by atoms with van der Waals surface area (Å²) in [7, 11) is 0. The van der Waals surface area contributed by atoms with E-state index in [9.17, 15) is 0 Å². The zero-order chi connectivity index (χ0) is 14.4. The Balaban J connectivity index is 2.45. The minimum Gasteiger partial charge on any atom is -0.494 e. The van der Waals surface area contributed by atoms with Crippen LogP contribution in [0, 0.1) is 0 Å². The second kappa shape index (κ2) is 6.58. The summed E-state index contributed by atoms with van der Waals surface area (Å²) in [5.74, 6) is 0.881. The van der Waals surface area contributed by atoms with Crippen LogP contribution in [0.3, 0.4) is 0 Å². The summed E-state index contributed by atoms with van der Waals surface area (Å²) in [6, 6.07) is 18.4. The van der Waals surface area contributed by atoms with Crippen LogP contribution in [-0.2, 0) is 5.54 Å². The highest BCUT2D eigenvalue weighted by Gasteiger charge is 2.28. The Bertz CT molecular complexity index is 538. The summed E-state index contributed by atoms with van der Waals surface area (Å²) in [4.78, 5) is 0. The van der Waals surface area contributed by atoms with Crippen molar-refractivity contribution >= 4 is 0 Å². The topological polar surface area (TPSA) is 35.2 Å². The maximum Gasteiger partial charge on any atom is 0.119 e. The Morgan fingerprint density at radius 2 is 1.65 bits per heavy atom. The lowest BCUT2D eigenvalue weighted by Gasteiger charge is -2.31. The molecule has 0 aliphatic carbocycles. The first-order valence-corrected chi connectivity index (χ1v) is 7.28. The van der Waals surface area contributed by atoms with Gasteiger partial charge in [0, 0.05) is 0 Å². The van der Waals surface area contributed by atoms with Gasteiger partial charge in [-0.25, -0.2) is 0 Å². The van der Waals surface area contributed by atoms with Gasteiger partial charge in [-0.05, 0) is 36.6 Å². The van der Waals surface area contributed by atoms with E-state index in [1.54, 1.807) is 0 Å². The second-order valence-corrected chi connectivity index (χ2v) is 5.05. The summed E-state index contributed by atoms with van der Waals surface area (Å²) < 4.78 is 5.60. The van der Waals surface area contributed by atoms with Gasteiger partial charge < -0.3 is 10.5 Å². The number of ether oxygens (including phenoxy) is 1. The zero-order valence-electron chi connectivity index (χ0n) is 12.3. The Morgan fingerprint density at radius 1 is 0.950 bits per heavy atom. The van der Waals surface area contributed by atoms with Crippen LogP contribution in [-0.4, -0.2) is 6.61 Å². The van der Waals surface area contributed by atoms with Crippen LogP contribution >= 0.6 is 0 Å². The summed E-state index contributed by atoms with van der Waals surface area (Å²) >= 11 is 0. The molecule has 0 fully saturated rings. The van der Waals surface area contributed by atoms with Gasteiger partial charge in [0.1, 0.15) is 5.75 Å². The minimum atomic E-state index is -0.455. The number of nitrogens with two attached hydrogens (primary N) is 1. The lowest BCUT2D eigenvalue weighted by atomic mass is 9.80. The van der Waals surface area contributed by atoms with Gasteiger partial charge in [-0.1, -0.05) is 55.8 Å². The van der Waals surface area contributed by atoms with Crippen LogP contribution in [0.25, 0.3) is 0 Å². The molecule has 0 bridgehead atoms. The molecule has 1 unspecified atom stereocenters. The minimum absolute atomic E-state index is 0.455. The van der Waals surface area contributed by atoms with Crippen molar-refractivity contribution in [2.75, 3.05) is 6.61 Å². The van der Waals surface area contributed by atoms with E-state index in [0.29, 0.717) is 6.61 Å². The van der Waals surface area contributed by atoms with E-state index in [-0.39, 0.29) is 0 Å². The second-order valence-electron chi connectivity index (χ2n) is 5.05. The van der Waals surface area contributed by atoms with Crippen molar-refractivity contribution in [2.24, 2.45) is 5.73 Å². The first kappa shape index (κ1) is 14.6. The molecule has 0 radical (unpaired) electrons. The maximum atomic E-state index is 6.76. The Hall–Kier alpha value is -1.80. The molecule has 0 amide bonds. The molecule has 2 aromatic carbocycles. The Morgan fingerprint density at radius 3 is 2.30 bits per heavy atom. The van der Waals surface area contributed by atoms with Gasteiger partial charge in [-0.15, -0.1) is 0 Å². The molecule has 0 aliphatic heterocycles. The monoisotopic (exact) mass is 269 g/mol. The number of hydrogen-bond acceptors (Lipinski definition) is 2. The lowest BCUT2D eigenvalue weighted by Crippen LogP contribution is -2.37. The smallest absolute Gasteiger partial charge is 0.119 e. The molecular weight excluding hydrogens is 246 g/mol. The molecule has 1 atom stereocenters. The average Bonchev–Trinajstić information content (AvgIpc) is 2.49. The molecule has 0 heterocycles. The normalized spacial score (nSPS) is 13.8. The molecule has 0 aromatic heterocycles. The molecule has 2 aromatic rings. The summed E-state index contributed by atoms with van der Waals surface area (Å²) in [5, 5.41) is 0. The Labute approximate surface area is 121 Å². The molecule has 2 rings (SSSR count). The molecule has 0 saturated carbocycles. The number of rotatable bonds is 6. The van der Waals surface area contributed by atoms with Crippen molar-refractivity contribution in [3.8, 4) is 5.75 Å². The summed E-state index contributed by atoms with van der Waals surface area (Å²) in [6.45, 7) is 4.82. The first-order chi connectivity index (χ1) is 9.70. The van der Waals surface area contributed by atoms with Gasteiger partial charge in [0.15, 0.2) is 0 Å². The summed E-state index contributed by atoms with van der Waals surface area (Å²) in [5.41, 5.74) is 8.56. The average molecular weight is 269 g/mol. The van der Waals surface area contributed by atoms with Crippen molar-refractivity contribution in [3.63, 3.8) is 0 Å². The zero-order valence-corrected chi connectivity index (χ0v) is 12.3. The highest BCUT2D eigenvalue weighted by Crippen LogP contribution is 2.33. The predicted octanol–water partition coefficient (Wildman–Crippen LogP) is 4.09. The van der Waals surface area contributed by atoms with Crippen LogP contribution in [0.1, 0.15) is 37.8 Å². The quantitative estimate of drug-likeness (QED) is 0.857. The van der Waals surface area contributed by atoms with Crippen LogP contribution < -0.4 is 10.5 Å². The van der Waals surface area contributed by atoms with Gasteiger partial charge in [0.25, 0.3) is 0 Å². The predicted molar refractivity (Wildman–Crippen MR) is 83.9 cm³/mol. The molecule has 0 aliphatic rings. The standard InChI is InChI=1S/C18H23NO/c1-3-13-18(19,15-9-6-5-7-10-15)16-11-8-12-17(14-16)20-4-2/h5-12,14H,3-4,13,19H2,1-2H3. The van der Waals surface area contributed by atoms with Crippen LogP contribution in [0.4, 0.5) is 0 Å². The van der Waals surface area contributed by atoms with Gasteiger partial charge in [0.05, 0.1) is 12.1 Å². The summed E-state index contributed by atoms with van der Waals surface area (Å²) in [6.07, 6.45) is 1.94. The number of benzene rings is 2. The van der Waals surface area contributed by atoms with Crippen molar-refractivity contribution in [1.82, 2.24) is 0 Å². The molecule has 2 heteroatoms. The Kier molecular flexibility index (Phi) is 4.80. The first-order valence-electron chi connectivity index (χ1n) is 7.28. The van der Waals surface area contributed by atoms with Crippen LogP contribution in [0.2, 0.25) is 0 Å². The van der Waals surface area contributed by atoms with Crippen LogP contribution in [0.5, 0.6) is 5.75 Å². The fourth-order valence-corrected chi connectivity index (χ4v) is 2.62. The lowest BCUT2D eigenvalue weighted by molar-refractivity contribution is 0.338. The van der Waals surface area contributed by atoms with Crippen molar-refractivity contribution in [2.45, 2.75) is 32.2 Å². The van der Waals surface area contributed by atoms with E-state index in [1.165, 1.54) is 0 Å². The molecule has 0 spiro atoms. The van der Waals surface area contributed by atoms with Gasteiger partial charge in [-0.3, -0.25) is 0 Å². The SMILES string of the molecule is CCCC(N)(c1ccccc1)c1cccc(OCC)c1. The largest absolute Gasteiger partial charge is 0.494 e. The van der Waals surface area contributed by atoms with Gasteiger partial charge in [0.2, 0.25) is 0 Å². The van der Waals surface area contributed by atoms with E-state index in [2.05, 4.69) is 31.2 Å². The highest BCUT2D eigenvalue weighted by atomic mass is 16.5. The van der Waals surface area contributed by atoms with E-state index in [1.807, 2.05) is 37.3 Å². The van der Waals surface area contributed by atoms with E-state index < -0.39 is 5.54 Å².